The van der Waals surface area contributed by atoms with E-state index in [1.165, 1.54) is 6.20 Å². The number of amides is 1. The lowest BCUT2D eigenvalue weighted by atomic mass is 10.2. The molecule has 0 saturated carbocycles. The number of carbonyl (C=O) groups is 2. The minimum atomic E-state index is -0.989. The van der Waals surface area contributed by atoms with E-state index in [9.17, 15) is 9.59 Å². The number of carboxylic acid groups (broad SMARTS) is 1. The molecule has 0 aliphatic carbocycles. The second-order valence-corrected chi connectivity index (χ2v) is 7.24. The van der Waals surface area contributed by atoms with Crippen LogP contribution in [-0.4, -0.2) is 46.1 Å². The molecular formula is C14H14Cl2N4O3S. The van der Waals surface area contributed by atoms with Gasteiger partial charge in [0, 0.05) is 24.8 Å². The molecule has 2 aromatic heterocycles. The maximum Gasteiger partial charge on any atom is 0.347 e. The second kappa shape index (κ2) is 6.62. The van der Waals surface area contributed by atoms with Crippen LogP contribution in [0.4, 0.5) is 5.13 Å². The third-order valence-electron chi connectivity index (χ3n) is 3.78. The highest BCUT2D eigenvalue weighted by molar-refractivity contribution is 7.17. The molecule has 3 N–H and O–H groups in total. The average Bonchev–Trinajstić information content (AvgIpc) is 3.23. The normalized spacial score (nSPS) is 17.3. The number of rotatable bonds is 4. The molecule has 10 heteroatoms. The molecule has 0 radical (unpaired) electrons. The summed E-state index contributed by atoms with van der Waals surface area (Å²) in [6.45, 7) is 2.99. The number of aromatic amines is 1. The molecule has 1 atom stereocenters. The van der Waals surface area contributed by atoms with Gasteiger partial charge in [-0.1, -0.05) is 34.5 Å². The highest BCUT2D eigenvalue weighted by Crippen LogP contribution is 2.30. The number of nitrogens with zero attached hydrogens (tertiary/aromatic N) is 2. The molecule has 1 aliphatic heterocycles. The number of aromatic nitrogens is 2. The lowest BCUT2D eigenvalue weighted by Gasteiger charge is -2.15. The fraction of sp³-hybridized carbons (Fsp3) is 0.357. The summed E-state index contributed by atoms with van der Waals surface area (Å²) in [4.78, 5) is 32.4. The number of hydrogen-bond donors (Lipinski definition) is 3. The number of halogens is 2. The van der Waals surface area contributed by atoms with Gasteiger partial charge < -0.3 is 20.3 Å². The monoisotopic (exact) mass is 388 g/mol. The van der Waals surface area contributed by atoms with Crippen molar-refractivity contribution in [3.8, 4) is 0 Å². The van der Waals surface area contributed by atoms with E-state index >= 15 is 0 Å². The van der Waals surface area contributed by atoms with Gasteiger partial charge in [-0.2, -0.15) is 0 Å². The van der Waals surface area contributed by atoms with Crippen LogP contribution in [0.2, 0.25) is 10.0 Å². The molecule has 1 fully saturated rings. The summed E-state index contributed by atoms with van der Waals surface area (Å²) in [6.07, 6.45) is 2.08. The first-order valence-corrected chi connectivity index (χ1v) is 8.72. The molecule has 0 bridgehead atoms. The molecule has 128 valence electrons. The van der Waals surface area contributed by atoms with Gasteiger partial charge in [-0.3, -0.25) is 4.79 Å². The van der Waals surface area contributed by atoms with Crippen molar-refractivity contribution >= 4 is 51.5 Å². The summed E-state index contributed by atoms with van der Waals surface area (Å²) in [5, 5.41) is 13.1. The van der Waals surface area contributed by atoms with E-state index in [0.717, 1.165) is 17.8 Å². The topological polar surface area (TPSA) is 98.3 Å². The predicted molar refractivity (Wildman–Crippen MR) is 92.7 cm³/mol. The summed E-state index contributed by atoms with van der Waals surface area (Å²) < 4.78 is 0. The highest BCUT2D eigenvalue weighted by Gasteiger charge is 2.28. The Kier molecular flexibility index (Phi) is 4.71. The molecule has 1 aliphatic rings. The van der Waals surface area contributed by atoms with Crippen molar-refractivity contribution in [3.05, 3.63) is 32.5 Å². The third kappa shape index (κ3) is 3.22. The summed E-state index contributed by atoms with van der Waals surface area (Å²) in [5.41, 5.74) is 0.892. The Bertz CT molecular complexity index is 804. The molecule has 0 aromatic carbocycles. The number of aryl methyl sites for hydroxylation is 1. The molecule has 24 heavy (non-hydrogen) atoms. The lowest BCUT2D eigenvalue weighted by molar-refractivity contribution is 0.0701. The number of carboxylic acids is 1. The Morgan fingerprint density at radius 1 is 1.46 bits per heavy atom. The molecule has 2 aromatic rings. The highest BCUT2D eigenvalue weighted by atomic mass is 35.5. The van der Waals surface area contributed by atoms with Crippen molar-refractivity contribution in [1.82, 2.24) is 15.3 Å². The van der Waals surface area contributed by atoms with Crippen molar-refractivity contribution in [2.45, 2.75) is 19.4 Å². The molecule has 0 unspecified atom stereocenters. The third-order valence-corrected chi connectivity index (χ3v) is 5.77. The summed E-state index contributed by atoms with van der Waals surface area (Å²) >= 11 is 13.2. The Morgan fingerprint density at radius 2 is 2.21 bits per heavy atom. The molecule has 7 nitrogen and oxygen atoms in total. The van der Waals surface area contributed by atoms with Crippen LogP contribution in [0.5, 0.6) is 0 Å². The first-order chi connectivity index (χ1) is 11.4. The van der Waals surface area contributed by atoms with E-state index in [4.69, 9.17) is 28.3 Å². The molecule has 3 rings (SSSR count). The molecule has 1 amide bonds. The standard InChI is InChI=1S/C14H14Cl2N4O3S/c1-6-9(15)10(16)11(18-6)12(21)19-7-2-3-20(5-7)14-17-4-8(24-14)13(22)23/h4,7,18H,2-3,5H2,1H3,(H,19,21)(H,22,23)/t7-/m1/s1. The van der Waals surface area contributed by atoms with Crippen LogP contribution < -0.4 is 10.2 Å². The van der Waals surface area contributed by atoms with Crippen molar-refractivity contribution in [3.63, 3.8) is 0 Å². The van der Waals surface area contributed by atoms with E-state index in [-0.39, 0.29) is 27.5 Å². The maximum atomic E-state index is 12.3. The molecule has 1 saturated heterocycles. The van der Waals surface area contributed by atoms with Crippen LogP contribution >= 0.6 is 34.5 Å². The summed E-state index contributed by atoms with van der Waals surface area (Å²) in [5.74, 6) is -1.30. The fourth-order valence-electron chi connectivity index (χ4n) is 2.55. The second-order valence-electron chi connectivity index (χ2n) is 5.47. The minimum absolute atomic E-state index is 0.0758. The maximum absolute atomic E-state index is 12.3. The predicted octanol–water partition coefficient (Wildman–Crippen LogP) is 2.79. The number of aromatic carboxylic acids is 1. The van der Waals surface area contributed by atoms with Crippen molar-refractivity contribution in [1.29, 1.82) is 0 Å². The SMILES string of the molecule is Cc1[nH]c(C(=O)N[C@@H]2CCN(c3ncc(C(=O)O)s3)C2)c(Cl)c1Cl. The van der Waals surface area contributed by atoms with Crippen LogP contribution in [0.25, 0.3) is 0 Å². The van der Waals surface area contributed by atoms with Gasteiger partial charge in [-0.25, -0.2) is 9.78 Å². The van der Waals surface area contributed by atoms with Crippen LogP contribution in [0.1, 0.15) is 32.3 Å². The van der Waals surface area contributed by atoms with Crippen molar-refractivity contribution in [2.75, 3.05) is 18.0 Å². The number of nitrogens with one attached hydrogen (secondary N) is 2. The first-order valence-electron chi connectivity index (χ1n) is 7.15. The van der Waals surface area contributed by atoms with Gasteiger partial charge in [0.2, 0.25) is 0 Å². The van der Waals surface area contributed by atoms with Crippen LogP contribution in [0.15, 0.2) is 6.20 Å². The number of H-pyrrole nitrogens is 1. The van der Waals surface area contributed by atoms with Gasteiger partial charge >= 0.3 is 5.97 Å². The smallest absolute Gasteiger partial charge is 0.347 e. The zero-order valence-electron chi connectivity index (χ0n) is 12.6. The van der Waals surface area contributed by atoms with E-state index in [0.29, 0.717) is 28.9 Å². The van der Waals surface area contributed by atoms with Gasteiger partial charge in [0.15, 0.2) is 5.13 Å². The van der Waals surface area contributed by atoms with Crippen LogP contribution in [-0.2, 0) is 0 Å². The Hall–Kier alpha value is -1.77. The number of anilines is 1. The van der Waals surface area contributed by atoms with Crippen molar-refractivity contribution < 1.29 is 14.7 Å². The van der Waals surface area contributed by atoms with Gasteiger partial charge in [0.1, 0.15) is 10.6 Å². The molecular weight excluding hydrogens is 375 g/mol. The quantitative estimate of drug-likeness (QED) is 0.747. The van der Waals surface area contributed by atoms with Gasteiger partial charge in [-0.15, -0.1) is 0 Å². The Morgan fingerprint density at radius 3 is 2.79 bits per heavy atom. The van der Waals surface area contributed by atoms with Crippen LogP contribution in [0, 0.1) is 6.92 Å². The van der Waals surface area contributed by atoms with Gasteiger partial charge in [0.25, 0.3) is 5.91 Å². The number of carbonyl (C=O) groups excluding carboxylic acids is 1. The largest absolute Gasteiger partial charge is 0.477 e. The van der Waals surface area contributed by atoms with Gasteiger partial charge in [-0.05, 0) is 13.3 Å². The lowest BCUT2D eigenvalue weighted by Crippen LogP contribution is -2.37. The molecule has 0 spiro atoms. The first kappa shape index (κ1) is 17.1. The van der Waals surface area contributed by atoms with Gasteiger partial charge in [0.05, 0.1) is 16.2 Å². The van der Waals surface area contributed by atoms with E-state index in [1.807, 2.05) is 4.90 Å². The Balaban J connectivity index is 1.64. The minimum Gasteiger partial charge on any atom is -0.477 e. The zero-order chi connectivity index (χ0) is 17.4. The van der Waals surface area contributed by atoms with Crippen molar-refractivity contribution in [2.24, 2.45) is 0 Å². The van der Waals surface area contributed by atoms with E-state index in [2.05, 4.69) is 15.3 Å². The van der Waals surface area contributed by atoms with E-state index < -0.39 is 5.97 Å². The fourth-order valence-corrected chi connectivity index (χ4v) is 3.75. The average molecular weight is 389 g/mol. The number of thiazole rings is 1. The number of hydrogen-bond acceptors (Lipinski definition) is 5. The zero-order valence-corrected chi connectivity index (χ0v) is 14.9. The summed E-state index contributed by atoms with van der Waals surface area (Å²) in [7, 11) is 0. The Labute approximate surface area is 151 Å². The van der Waals surface area contributed by atoms with Crippen LogP contribution in [0.3, 0.4) is 0 Å². The molecule has 3 heterocycles. The summed E-state index contributed by atoms with van der Waals surface area (Å²) in [6, 6.07) is -0.0758. The van der Waals surface area contributed by atoms with E-state index in [1.54, 1.807) is 6.92 Å².